The molecule has 0 aromatic carbocycles. The molecule has 2 amide bonds. The molecular weight excluding hydrogens is 409 g/mol. The third-order valence-corrected chi connectivity index (χ3v) is 4.17. The fourth-order valence-electron chi connectivity index (χ4n) is 1.72. The summed E-state index contributed by atoms with van der Waals surface area (Å²) in [6.07, 6.45) is 1.49. The number of carbonyl (C=O) groups is 3. The number of furan rings is 1. The number of nitrogens with zero attached hydrogens (tertiary/aromatic N) is 1. The molecule has 1 saturated heterocycles. The van der Waals surface area contributed by atoms with Crippen molar-refractivity contribution in [3.8, 4) is 0 Å². The van der Waals surface area contributed by atoms with E-state index < -0.39 is 23.2 Å². The molecule has 1 unspecified atom stereocenters. The molecule has 8 heteroatoms. The van der Waals surface area contributed by atoms with Gasteiger partial charge in [-0.15, -0.1) is 0 Å². The van der Waals surface area contributed by atoms with E-state index in [-0.39, 0.29) is 11.5 Å². The van der Waals surface area contributed by atoms with Crippen LogP contribution in [0.1, 0.15) is 19.6 Å². The van der Waals surface area contributed by atoms with Gasteiger partial charge in [-0.1, -0.05) is 0 Å². The van der Waals surface area contributed by atoms with Crippen LogP contribution in [0, 0.1) is 3.77 Å². The Bertz CT molecular complexity index is 624. The van der Waals surface area contributed by atoms with Crippen LogP contribution in [0.5, 0.6) is 0 Å². The number of hydrogen-bond acceptors (Lipinski definition) is 6. The summed E-state index contributed by atoms with van der Waals surface area (Å²) >= 11 is 2.78. The number of hydrogen-bond donors (Lipinski definition) is 0. The van der Waals surface area contributed by atoms with Crippen molar-refractivity contribution in [1.29, 1.82) is 0 Å². The molecule has 0 bridgehead atoms. The molecule has 6 nitrogen and oxygen atoms in total. The smallest absolute Gasteiger partial charge is 0.329 e. The Morgan fingerprint density at radius 3 is 2.81 bits per heavy atom. The summed E-state index contributed by atoms with van der Waals surface area (Å²) in [6.45, 7) is 3.32. The van der Waals surface area contributed by atoms with Gasteiger partial charge in [0.1, 0.15) is 11.8 Å². The maximum atomic E-state index is 12.2. The molecule has 1 fully saturated rings. The van der Waals surface area contributed by atoms with Crippen LogP contribution in [0.3, 0.4) is 0 Å². The average molecular weight is 421 g/mol. The summed E-state index contributed by atoms with van der Waals surface area (Å²) in [5.41, 5.74) is 0. The van der Waals surface area contributed by atoms with Gasteiger partial charge in [0.25, 0.3) is 11.1 Å². The highest BCUT2D eigenvalue weighted by molar-refractivity contribution is 14.1. The first kappa shape index (κ1) is 16.1. The van der Waals surface area contributed by atoms with Crippen LogP contribution in [0.4, 0.5) is 4.79 Å². The Hall–Kier alpha value is -1.29. The minimum atomic E-state index is -0.944. The number of carbonyl (C=O) groups excluding carboxylic acids is 3. The van der Waals surface area contributed by atoms with Crippen LogP contribution in [0.2, 0.25) is 0 Å². The van der Waals surface area contributed by atoms with E-state index in [9.17, 15) is 14.4 Å². The van der Waals surface area contributed by atoms with Crippen molar-refractivity contribution in [3.63, 3.8) is 0 Å². The van der Waals surface area contributed by atoms with Gasteiger partial charge in [-0.05, 0) is 60.3 Å². The van der Waals surface area contributed by atoms with E-state index in [4.69, 9.17) is 9.15 Å². The monoisotopic (exact) mass is 421 g/mol. The van der Waals surface area contributed by atoms with Crippen LogP contribution < -0.4 is 0 Å². The summed E-state index contributed by atoms with van der Waals surface area (Å²) in [5.74, 6) is -0.640. The zero-order valence-electron chi connectivity index (χ0n) is 11.3. The average Bonchev–Trinajstić information content (AvgIpc) is 2.94. The molecule has 1 atom stereocenters. The van der Waals surface area contributed by atoms with Crippen LogP contribution in [-0.2, 0) is 14.3 Å². The molecule has 0 N–H and O–H groups in total. The number of amides is 2. The van der Waals surface area contributed by atoms with Gasteiger partial charge in [-0.2, -0.15) is 0 Å². The zero-order chi connectivity index (χ0) is 15.6. The van der Waals surface area contributed by atoms with Crippen molar-refractivity contribution in [2.75, 3.05) is 6.61 Å². The van der Waals surface area contributed by atoms with Gasteiger partial charge in [-0.25, -0.2) is 4.79 Å². The predicted molar refractivity (Wildman–Crippen MR) is 85.3 cm³/mol. The second-order valence-corrected chi connectivity index (χ2v) is 6.18. The summed E-state index contributed by atoms with van der Waals surface area (Å²) in [6, 6.07) is 2.50. The summed E-state index contributed by atoms with van der Waals surface area (Å²) in [7, 11) is 0. The first-order valence-corrected chi connectivity index (χ1v) is 8.02. The third kappa shape index (κ3) is 3.49. The SMILES string of the molecule is CCOC(=O)C(C)N1C(=O)S/C(=C/c2ccc(I)o2)C1=O. The van der Waals surface area contributed by atoms with Gasteiger partial charge in [0.2, 0.25) is 0 Å². The lowest BCUT2D eigenvalue weighted by Crippen LogP contribution is -2.42. The molecule has 2 heterocycles. The van der Waals surface area contributed by atoms with Crippen LogP contribution in [0.15, 0.2) is 21.5 Å². The minimum Gasteiger partial charge on any atom is -0.464 e. The summed E-state index contributed by atoms with van der Waals surface area (Å²) < 4.78 is 10.8. The van der Waals surface area contributed by atoms with Crippen molar-refractivity contribution in [2.24, 2.45) is 0 Å². The van der Waals surface area contributed by atoms with Gasteiger partial charge < -0.3 is 9.15 Å². The van der Waals surface area contributed by atoms with E-state index in [1.54, 1.807) is 19.1 Å². The van der Waals surface area contributed by atoms with Crippen molar-refractivity contribution in [2.45, 2.75) is 19.9 Å². The van der Waals surface area contributed by atoms with Crippen LogP contribution in [-0.4, -0.2) is 34.7 Å². The van der Waals surface area contributed by atoms with Crippen LogP contribution >= 0.6 is 34.4 Å². The lowest BCUT2D eigenvalue weighted by atomic mass is 10.3. The van der Waals surface area contributed by atoms with Gasteiger partial charge in [0, 0.05) is 6.08 Å². The Kier molecular flexibility index (Phi) is 5.09. The number of thioether (sulfide) groups is 1. The number of ether oxygens (including phenoxy) is 1. The topological polar surface area (TPSA) is 76.8 Å². The van der Waals surface area contributed by atoms with E-state index in [0.717, 1.165) is 16.7 Å². The van der Waals surface area contributed by atoms with Gasteiger partial charge in [0.05, 0.1) is 11.5 Å². The van der Waals surface area contributed by atoms with Gasteiger partial charge >= 0.3 is 5.97 Å². The molecule has 2 rings (SSSR count). The highest BCUT2D eigenvalue weighted by Crippen LogP contribution is 2.34. The van der Waals surface area contributed by atoms with Crippen molar-refractivity contribution in [1.82, 2.24) is 4.90 Å². The van der Waals surface area contributed by atoms with Crippen molar-refractivity contribution in [3.05, 3.63) is 26.6 Å². The number of esters is 1. The molecule has 1 aliphatic rings. The fourth-order valence-corrected chi connectivity index (χ4v) is 3.04. The molecule has 1 aliphatic heterocycles. The molecule has 21 heavy (non-hydrogen) atoms. The second kappa shape index (κ2) is 6.65. The fraction of sp³-hybridized carbons (Fsp3) is 0.308. The first-order valence-electron chi connectivity index (χ1n) is 6.13. The number of halogens is 1. The lowest BCUT2D eigenvalue weighted by molar-refractivity contribution is -0.150. The van der Waals surface area contributed by atoms with Crippen molar-refractivity contribution < 1.29 is 23.5 Å². The molecule has 0 spiro atoms. The quantitative estimate of drug-likeness (QED) is 0.423. The van der Waals surface area contributed by atoms with Crippen LogP contribution in [0.25, 0.3) is 6.08 Å². The minimum absolute atomic E-state index is 0.195. The van der Waals surface area contributed by atoms with Gasteiger partial charge in [-0.3, -0.25) is 14.5 Å². The van der Waals surface area contributed by atoms with E-state index in [0.29, 0.717) is 9.53 Å². The molecule has 1 aromatic heterocycles. The maximum Gasteiger partial charge on any atom is 0.329 e. The Morgan fingerprint density at radius 1 is 1.52 bits per heavy atom. The van der Waals surface area contributed by atoms with Crippen molar-refractivity contribution >= 4 is 57.5 Å². The summed E-state index contributed by atoms with van der Waals surface area (Å²) in [5, 5.41) is -0.493. The molecule has 0 radical (unpaired) electrons. The summed E-state index contributed by atoms with van der Waals surface area (Å²) in [4.78, 5) is 37.0. The van der Waals surface area contributed by atoms with E-state index >= 15 is 0 Å². The lowest BCUT2D eigenvalue weighted by Gasteiger charge is -2.19. The van der Waals surface area contributed by atoms with Gasteiger partial charge in [0.15, 0.2) is 3.77 Å². The molecule has 0 saturated carbocycles. The van der Waals surface area contributed by atoms with E-state index in [1.165, 1.54) is 13.0 Å². The highest BCUT2D eigenvalue weighted by Gasteiger charge is 2.41. The third-order valence-electron chi connectivity index (χ3n) is 2.71. The predicted octanol–water partition coefficient (Wildman–Crippen LogP) is 2.87. The molecule has 1 aromatic rings. The normalized spacial score (nSPS) is 18.4. The number of imide groups is 1. The number of rotatable bonds is 4. The highest BCUT2D eigenvalue weighted by atomic mass is 127. The molecule has 0 aliphatic carbocycles. The largest absolute Gasteiger partial charge is 0.464 e. The Morgan fingerprint density at radius 2 is 2.24 bits per heavy atom. The van der Waals surface area contributed by atoms with E-state index in [1.807, 2.05) is 22.6 Å². The molecule has 112 valence electrons. The Balaban J connectivity index is 2.20. The zero-order valence-corrected chi connectivity index (χ0v) is 14.3. The van der Waals surface area contributed by atoms with E-state index in [2.05, 4.69) is 0 Å². The second-order valence-electron chi connectivity index (χ2n) is 4.12. The Labute approximate surface area is 139 Å². The molecular formula is C13H12INO5S. The standard InChI is InChI=1S/C13H12INO5S/c1-3-19-12(17)7(2)15-11(16)9(21-13(15)18)6-8-4-5-10(14)20-8/h4-7H,3H2,1-2H3/b9-6+. The maximum absolute atomic E-state index is 12.2. The first-order chi connectivity index (χ1) is 9.93.